The zero-order chi connectivity index (χ0) is 22.5. The number of hydrogen-bond acceptors (Lipinski definition) is 6. The third-order valence-corrected chi connectivity index (χ3v) is 4.03. The van der Waals surface area contributed by atoms with E-state index in [1.54, 1.807) is 36.4 Å². The van der Waals surface area contributed by atoms with Crippen molar-refractivity contribution in [1.29, 1.82) is 31.6 Å². The molecule has 6 nitrogen and oxygen atoms in total. The van der Waals surface area contributed by atoms with Gasteiger partial charge in [-0.2, -0.15) is 44.7 Å². The van der Waals surface area contributed by atoms with Crippen molar-refractivity contribution in [3.63, 3.8) is 0 Å². The maximum Gasteiger partial charge on any atom is 0.416 e. The van der Waals surface area contributed by atoms with Crippen LogP contribution in [0.5, 0.6) is 0 Å². The minimum absolute atomic E-state index is 0.0206. The van der Waals surface area contributed by atoms with Gasteiger partial charge in [0.15, 0.2) is 0 Å². The number of alkyl halides is 3. The van der Waals surface area contributed by atoms with Gasteiger partial charge in [0, 0.05) is 10.4 Å². The van der Waals surface area contributed by atoms with Crippen molar-refractivity contribution in [2.45, 2.75) is 6.18 Å². The van der Waals surface area contributed by atoms with Crippen LogP contribution in [0.4, 0.5) is 13.2 Å². The standard InChI is InChI=1S/C21H5F3N6/c22-21(23,24)15-3-1-12(2-4-15)17(9-28)16-5-13(6-25)20(14(7-26)8-27)19(11-30)18(16)10-29/h1-5H/b17-16+. The van der Waals surface area contributed by atoms with E-state index in [4.69, 9.17) is 10.5 Å². The highest BCUT2D eigenvalue weighted by molar-refractivity contribution is 5.81. The molecule has 0 bridgehead atoms. The highest BCUT2D eigenvalue weighted by Gasteiger charge is 2.30. The van der Waals surface area contributed by atoms with Crippen LogP contribution >= 0.6 is 0 Å². The summed E-state index contributed by atoms with van der Waals surface area (Å²) in [4.78, 5) is 0. The molecule has 0 radical (unpaired) electrons. The van der Waals surface area contributed by atoms with Gasteiger partial charge in [-0.25, -0.2) is 0 Å². The van der Waals surface area contributed by atoms with Gasteiger partial charge in [0.1, 0.15) is 35.9 Å². The average molecular weight is 398 g/mol. The van der Waals surface area contributed by atoms with E-state index in [1.165, 1.54) is 0 Å². The third-order valence-electron chi connectivity index (χ3n) is 4.03. The molecule has 0 atom stereocenters. The predicted octanol–water partition coefficient (Wildman–Crippen LogP) is 2.24. The molecule has 140 valence electrons. The van der Waals surface area contributed by atoms with E-state index in [2.05, 4.69) is 0 Å². The zero-order valence-electron chi connectivity index (χ0n) is 14.7. The molecule has 0 aliphatic heterocycles. The Hall–Kier alpha value is -5.09. The molecule has 0 aliphatic rings. The van der Waals surface area contributed by atoms with Crippen LogP contribution in [0.25, 0.3) is 11.1 Å². The predicted molar refractivity (Wildman–Crippen MR) is 94.0 cm³/mol. The van der Waals surface area contributed by atoms with E-state index >= 15 is 0 Å². The first-order chi connectivity index (χ1) is 14.3. The first kappa shape index (κ1) is 21.2. The van der Waals surface area contributed by atoms with Gasteiger partial charge in [0.2, 0.25) is 0 Å². The van der Waals surface area contributed by atoms with E-state index in [0.717, 1.165) is 30.3 Å². The van der Waals surface area contributed by atoms with Gasteiger partial charge < -0.3 is 0 Å². The van der Waals surface area contributed by atoms with Gasteiger partial charge in [0.25, 0.3) is 0 Å². The Bertz CT molecular complexity index is 1410. The van der Waals surface area contributed by atoms with Crippen LogP contribution in [0.15, 0.2) is 30.3 Å². The molecule has 0 aliphatic carbocycles. The van der Waals surface area contributed by atoms with E-state index in [0.29, 0.717) is 0 Å². The second-order valence-corrected chi connectivity index (χ2v) is 5.59. The lowest BCUT2D eigenvalue weighted by Gasteiger charge is -2.08. The fourth-order valence-electron chi connectivity index (χ4n) is 2.70. The fraction of sp³-hybridized carbons (Fsp3) is 0.0476. The zero-order valence-corrected chi connectivity index (χ0v) is 14.7. The number of nitrogens with zero attached hydrogens (tertiary/aromatic N) is 6. The van der Waals surface area contributed by atoms with Crippen LogP contribution < -0.4 is 10.4 Å². The molecule has 0 amide bonds. The topological polar surface area (TPSA) is 143 Å². The van der Waals surface area contributed by atoms with Gasteiger partial charge in [-0.3, -0.25) is 0 Å². The lowest BCUT2D eigenvalue weighted by atomic mass is 9.93. The Morgan fingerprint density at radius 3 is 1.70 bits per heavy atom. The number of hydrogen-bond donors (Lipinski definition) is 0. The molecular weight excluding hydrogens is 393 g/mol. The summed E-state index contributed by atoms with van der Waals surface area (Å²) in [6.07, 6.45) is -4.59. The van der Waals surface area contributed by atoms with Crippen LogP contribution in [0.2, 0.25) is 0 Å². The number of rotatable bonds is 1. The van der Waals surface area contributed by atoms with Crippen LogP contribution in [0, 0.1) is 68.0 Å². The molecule has 0 saturated carbocycles. The van der Waals surface area contributed by atoms with Gasteiger partial charge in [-0.15, -0.1) is 0 Å². The minimum atomic E-state index is -4.59. The molecule has 0 saturated heterocycles. The molecule has 9 heteroatoms. The van der Waals surface area contributed by atoms with Crippen molar-refractivity contribution < 1.29 is 13.2 Å². The highest BCUT2D eigenvalue weighted by Crippen LogP contribution is 2.29. The molecule has 0 N–H and O–H groups in total. The molecule has 0 fully saturated rings. The van der Waals surface area contributed by atoms with Crippen LogP contribution in [0.3, 0.4) is 0 Å². The summed E-state index contributed by atoms with van der Waals surface area (Å²) >= 11 is 0. The summed E-state index contributed by atoms with van der Waals surface area (Å²) in [5.41, 5.74) is -2.90. The monoisotopic (exact) mass is 398 g/mol. The molecule has 0 heterocycles. The average Bonchev–Trinajstić information content (AvgIpc) is 2.74. The first-order valence-corrected chi connectivity index (χ1v) is 7.81. The Morgan fingerprint density at radius 1 is 0.733 bits per heavy atom. The SMILES string of the molecule is N#CC(C#N)=c1c(C#N)c/c(=C(/C#N)c2ccc(C(F)(F)F)cc2)c(C#N)c1C#N. The van der Waals surface area contributed by atoms with Crippen molar-refractivity contribution in [2.24, 2.45) is 0 Å². The van der Waals surface area contributed by atoms with E-state index in [1.807, 2.05) is 0 Å². The molecule has 0 unspecified atom stereocenters. The third kappa shape index (κ3) is 3.65. The summed E-state index contributed by atoms with van der Waals surface area (Å²) in [5.74, 6) is 0. The Labute approximate surface area is 167 Å². The summed E-state index contributed by atoms with van der Waals surface area (Å²) in [6.45, 7) is 0. The second kappa shape index (κ2) is 8.29. The van der Waals surface area contributed by atoms with Crippen LogP contribution in [-0.4, -0.2) is 0 Å². The molecule has 0 spiro atoms. The highest BCUT2D eigenvalue weighted by atomic mass is 19.4. The number of nitriles is 6. The largest absolute Gasteiger partial charge is 0.416 e. The minimum Gasteiger partial charge on any atom is -0.192 e. The fourth-order valence-corrected chi connectivity index (χ4v) is 2.70. The van der Waals surface area contributed by atoms with Crippen molar-refractivity contribution in [3.8, 4) is 36.4 Å². The van der Waals surface area contributed by atoms with Gasteiger partial charge in [-0.05, 0) is 23.8 Å². The second-order valence-electron chi connectivity index (χ2n) is 5.59. The Morgan fingerprint density at radius 2 is 1.30 bits per heavy atom. The van der Waals surface area contributed by atoms with E-state index < -0.39 is 22.9 Å². The number of halogens is 3. The normalized spacial score (nSPS) is 10.8. The lowest BCUT2D eigenvalue weighted by molar-refractivity contribution is -0.137. The molecule has 0 aromatic heterocycles. The van der Waals surface area contributed by atoms with Crippen LogP contribution in [0.1, 0.15) is 27.8 Å². The van der Waals surface area contributed by atoms with Crippen LogP contribution in [-0.2, 0) is 6.18 Å². The van der Waals surface area contributed by atoms with Gasteiger partial charge in [0.05, 0.1) is 33.9 Å². The summed E-state index contributed by atoms with van der Waals surface area (Å²) in [6, 6.07) is 14.6. The summed E-state index contributed by atoms with van der Waals surface area (Å²) in [7, 11) is 0. The van der Waals surface area contributed by atoms with Crippen molar-refractivity contribution >= 4 is 11.1 Å². The van der Waals surface area contributed by atoms with Crippen molar-refractivity contribution in [3.05, 3.63) is 68.6 Å². The lowest BCUT2D eigenvalue weighted by Crippen LogP contribution is -2.25. The van der Waals surface area contributed by atoms with Gasteiger partial charge >= 0.3 is 6.18 Å². The maximum absolute atomic E-state index is 12.8. The first-order valence-electron chi connectivity index (χ1n) is 7.81. The quantitative estimate of drug-likeness (QED) is 0.721. The molecular formula is C21H5F3N6. The molecule has 2 aromatic carbocycles. The van der Waals surface area contributed by atoms with E-state index in [9.17, 15) is 34.2 Å². The summed E-state index contributed by atoms with van der Waals surface area (Å²) < 4.78 is 38.4. The Balaban J connectivity index is 3.12. The summed E-state index contributed by atoms with van der Waals surface area (Å²) in [5, 5.41) is 55.8. The Kier molecular flexibility index (Phi) is 5.86. The maximum atomic E-state index is 12.8. The van der Waals surface area contributed by atoms with Crippen molar-refractivity contribution in [1.82, 2.24) is 0 Å². The molecule has 2 aromatic rings. The molecule has 30 heavy (non-hydrogen) atoms. The van der Waals surface area contributed by atoms with Gasteiger partial charge in [-0.1, -0.05) is 12.1 Å². The van der Waals surface area contributed by atoms with Crippen molar-refractivity contribution in [2.75, 3.05) is 0 Å². The van der Waals surface area contributed by atoms with E-state index in [-0.39, 0.29) is 32.7 Å². The number of benzene rings is 2. The molecule has 2 rings (SSSR count). The smallest absolute Gasteiger partial charge is 0.192 e.